The number of fused-ring (bicyclic) bond motifs is 1. The van der Waals surface area contributed by atoms with Crippen molar-refractivity contribution in [3.8, 4) is 6.07 Å². The standard InChI is InChI=1S/C16H18N6O2/c1-16(2,3)24-15(23)21-9-12(10-21)18-7-11-4-5-14-19-8-13(6-17)22(14)20-11/h4-5,7-8,12H,9-10H2,1-3H3. The van der Waals surface area contributed by atoms with Crippen molar-refractivity contribution in [3.05, 3.63) is 29.7 Å². The number of carbonyl (C=O) groups excluding carboxylic acids is 1. The van der Waals surface area contributed by atoms with Gasteiger partial charge in [-0.3, -0.25) is 4.99 Å². The normalized spacial score (nSPS) is 15.5. The first-order chi connectivity index (χ1) is 11.4. The molecule has 0 aliphatic carbocycles. The van der Waals surface area contributed by atoms with Crippen LogP contribution in [0.5, 0.6) is 0 Å². The van der Waals surface area contributed by atoms with Gasteiger partial charge in [-0.25, -0.2) is 14.3 Å². The number of amides is 1. The molecule has 124 valence electrons. The fourth-order valence-electron chi connectivity index (χ4n) is 2.24. The minimum atomic E-state index is -0.492. The summed E-state index contributed by atoms with van der Waals surface area (Å²) in [6, 6.07) is 5.64. The largest absolute Gasteiger partial charge is 0.444 e. The van der Waals surface area contributed by atoms with Gasteiger partial charge in [-0.15, -0.1) is 0 Å². The zero-order valence-electron chi connectivity index (χ0n) is 13.8. The van der Waals surface area contributed by atoms with Crippen molar-refractivity contribution in [1.29, 1.82) is 5.26 Å². The molecule has 0 aromatic carbocycles. The van der Waals surface area contributed by atoms with Gasteiger partial charge in [0.05, 0.1) is 12.2 Å². The Morgan fingerprint density at radius 2 is 2.21 bits per heavy atom. The quantitative estimate of drug-likeness (QED) is 0.782. The summed E-state index contributed by atoms with van der Waals surface area (Å²) in [6.07, 6.45) is 2.82. The van der Waals surface area contributed by atoms with Crippen LogP contribution in [-0.2, 0) is 4.74 Å². The van der Waals surface area contributed by atoms with Crippen molar-refractivity contribution in [2.45, 2.75) is 32.4 Å². The Hall–Kier alpha value is -2.95. The van der Waals surface area contributed by atoms with Crippen LogP contribution in [0, 0.1) is 11.3 Å². The van der Waals surface area contributed by atoms with Crippen molar-refractivity contribution in [3.63, 3.8) is 0 Å². The second-order valence-corrected chi connectivity index (χ2v) is 6.60. The fourth-order valence-corrected chi connectivity index (χ4v) is 2.24. The lowest BCUT2D eigenvalue weighted by Gasteiger charge is -2.37. The van der Waals surface area contributed by atoms with Gasteiger partial charge < -0.3 is 9.64 Å². The highest BCUT2D eigenvalue weighted by Crippen LogP contribution is 2.17. The maximum atomic E-state index is 11.8. The lowest BCUT2D eigenvalue weighted by atomic mass is 10.1. The number of ether oxygens (including phenoxy) is 1. The van der Waals surface area contributed by atoms with Gasteiger partial charge in [0, 0.05) is 19.3 Å². The molecule has 0 N–H and O–H groups in total. The van der Waals surface area contributed by atoms with Crippen molar-refractivity contribution in [2.75, 3.05) is 13.1 Å². The summed E-state index contributed by atoms with van der Waals surface area (Å²) in [6.45, 7) is 6.58. The predicted octanol–water partition coefficient (Wildman–Crippen LogP) is 1.64. The van der Waals surface area contributed by atoms with Crippen LogP contribution < -0.4 is 0 Å². The number of nitrogens with zero attached hydrogens (tertiary/aromatic N) is 6. The van der Waals surface area contributed by atoms with E-state index in [1.165, 1.54) is 10.7 Å². The summed E-state index contributed by atoms with van der Waals surface area (Å²) in [5.74, 6) is 0. The molecule has 8 nitrogen and oxygen atoms in total. The molecule has 0 spiro atoms. The van der Waals surface area contributed by atoms with Gasteiger partial charge in [0.2, 0.25) is 0 Å². The number of aliphatic imine (C=N–C) groups is 1. The van der Waals surface area contributed by atoms with Gasteiger partial charge in [0.25, 0.3) is 0 Å². The molecule has 0 unspecified atom stereocenters. The Kier molecular flexibility index (Phi) is 3.93. The molecule has 3 rings (SSSR count). The summed E-state index contributed by atoms with van der Waals surface area (Å²) in [4.78, 5) is 22.0. The molecule has 1 amide bonds. The van der Waals surface area contributed by atoms with Gasteiger partial charge in [-0.05, 0) is 32.9 Å². The third-order valence-electron chi connectivity index (χ3n) is 3.43. The third-order valence-corrected chi connectivity index (χ3v) is 3.43. The van der Waals surface area contributed by atoms with Crippen molar-refractivity contribution in [2.24, 2.45) is 4.99 Å². The molecule has 0 saturated carbocycles. The van der Waals surface area contributed by atoms with Crippen LogP contribution in [-0.4, -0.2) is 56.5 Å². The third kappa shape index (κ3) is 3.35. The molecule has 1 aliphatic rings. The van der Waals surface area contributed by atoms with E-state index in [-0.39, 0.29) is 12.1 Å². The molecule has 0 radical (unpaired) electrons. The molecule has 3 heterocycles. The summed E-state index contributed by atoms with van der Waals surface area (Å²) < 4.78 is 6.78. The van der Waals surface area contributed by atoms with E-state index in [4.69, 9.17) is 10.00 Å². The van der Waals surface area contributed by atoms with Crippen molar-refractivity contribution >= 4 is 18.0 Å². The zero-order valence-corrected chi connectivity index (χ0v) is 13.8. The second kappa shape index (κ2) is 5.92. The Balaban J connectivity index is 1.60. The van der Waals surface area contributed by atoms with E-state index in [2.05, 4.69) is 15.1 Å². The number of hydrogen-bond acceptors (Lipinski definition) is 6. The maximum Gasteiger partial charge on any atom is 0.410 e. The van der Waals surface area contributed by atoms with E-state index >= 15 is 0 Å². The smallest absolute Gasteiger partial charge is 0.410 e. The van der Waals surface area contributed by atoms with E-state index in [1.807, 2.05) is 26.8 Å². The molecule has 0 atom stereocenters. The first kappa shape index (κ1) is 15.9. The molecule has 1 aliphatic heterocycles. The number of carbonyl (C=O) groups is 1. The maximum absolute atomic E-state index is 11.8. The van der Waals surface area contributed by atoms with Crippen molar-refractivity contribution < 1.29 is 9.53 Å². The lowest BCUT2D eigenvalue weighted by Crippen LogP contribution is -2.54. The average molecular weight is 326 g/mol. The van der Waals surface area contributed by atoms with E-state index in [0.29, 0.717) is 30.1 Å². The highest BCUT2D eigenvalue weighted by molar-refractivity contribution is 5.77. The van der Waals surface area contributed by atoms with Crippen LogP contribution in [0.3, 0.4) is 0 Å². The Bertz CT molecular complexity index is 836. The zero-order chi connectivity index (χ0) is 17.3. The fraction of sp³-hybridized carbons (Fsp3) is 0.438. The molecule has 8 heteroatoms. The van der Waals surface area contributed by atoms with E-state index in [0.717, 1.165) is 0 Å². The Morgan fingerprint density at radius 3 is 2.88 bits per heavy atom. The number of likely N-dealkylation sites (tertiary alicyclic amines) is 1. The number of imidazole rings is 1. The number of aromatic nitrogens is 3. The van der Waals surface area contributed by atoms with Crippen LogP contribution in [0.4, 0.5) is 4.79 Å². The van der Waals surface area contributed by atoms with E-state index in [9.17, 15) is 4.79 Å². The monoisotopic (exact) mass is 326 g/mol. The Labute approximate surface area is 139 Å². The summed E-state index contributed by atoms with van der Waals surface area (Å²) >= 11 is 0. The molecule has 24 heavy (non-hydrogen) atoms. The summed E-state index contributed by atoms with van der Waals surface area (Å²) in [5.41, 5.74) is 1.13. The van der Waals surface area contributed by atoms with Gasteiger partial charge >= 0.3 is 6.09 Å². The summed E-state index contributed by atoms with van der Waals surface area (Å²) in [5, 5.41) is 13.3. The molecule has 2 aromatic heterocycles. The number of nitriles is 1. The second-order valence-electron chi connectivity index (χ2n) is 6.60. The predicted molar refractivity (Wildman–Crippen MR) is 86.9 cm³/mol. The molecule has 1 fully saturated rings. The molecular weight excluding hydrogens is 308 g/mol. The van der Waals surface area contributed by atoms with Gasteiger partial charge in [0.1, 0.15) is 17.4 Å². The minimum Gasteiger partial charge on any atom is -0.444 e. The molecule has 2 aromatic rings. The minimum absolute atomic E-state index is 0.0354. The Morgan fingerprint density at radius 1 is 1.46 bits per heavy atom. The SMILES string of the molecule is CC(C)(C)OC(=O)N1CC(N=Cc2ccc3ncc(C#N)n3n2)C1. The van der Waals surface area contributed by atoms with Crippen LogP contribution in [0.1, 0.15) is 32.2 Å². The average Bonchev–Trinajstić information content (AvgIpc) is 2.85. The summed E-state index contributed by atoms with van der Waals surface area (Å²) in [7, 11) is 0. The van der Waals surface area contributed by atoms with Crippen LogP contribution in [0.2, 0.25) is 0 Å². The highest BCUT2D eigenvalue weighted by atomic mass is 16.6. The first-order valence-electron chi connectivity index (χ1n) is 7.62. The number of rotatable bonds is 2. The van der Waals surface area contributed by atoms with Crippen LogP contribution >= 0.6 is 0 Å². The topological polar surface area (TPSA) is 95.9 Å². The van der Waals surface area contributed by atoms with Gasteiger partial charge in [-0.2, -0.15) is 10.4 Å². The van der Waals surface area contributed by atoms with E-state index < -0.39 is 5.60 Å². The molecular formula is C16H18N6O2. The van der Waals surface area contributed by atoms with E-state index in [1.54, 1.807) is 23.2 Å². The number of hydrogen-bond donors (Lipinski definition) is 0. The van der Waals surface area contributed by atoms with Crippen LogP contribution in [0.15, 0.2) is 23.3 Å². The van der Waals surface area contributed by atoms with Crippen molar-refractivity contribution in [1.82, 2.24) is 19.5 Å². The molecule has 0 bridgehead atoms. The van der Waals surface area contributed by atoms with Crippen LogP contribution in [0.25, 0.3) is 5.65 Å². The first-order valence-corrected chi connectivity index (χ1v) is 7.62. The van der Waals surface area contributed by atoms with Gasteiger partial charge in [0.15, 0.2) is 11.3 Å². The van der Waals surface area contributed by atoms with Gasteiger partial charge in [-0.1, -0.05) is 0 Å². The highest BCUT2D eigenvalue weighted by Gasteiger charge is 2.33. The lowest BCUT2D eigenvalue weighted by molar-refractivity contribution is 0.00911. The molecule has 1 saturated heterocycles.